The Morgan fingerprint density at radius 1 is 1.15 bits per heavy atom. The van der Waals surface area contributed by atoms with E-state index in [1.165, 1.54) is 35.6 Å². The van der Waals surface area contributed by atoms with Crippen molar-refractivity contribution in [2.75, 3.05) is 0 Å². The number of carbonyl (C=O) groups excluding carboxylic acids is 1. The average molecular weight is 445 g/mol. The van der Waals surface area contributed by atoms with E-state index in [9.17, 15) is 15.2 Å². The van der Waals surface area contributed by atoms with Crippen molar-refractivity contribution in [1.29, 1.82) is 10.5 Å². The number of allylic oxidation sites excluding steroid dienone is 2. The fraction of sp³-hybridized carbons (Fsp3) is 0.704. The van der Waals surface area contributed by atoms with E-state index in [0.29, 0.717) is 23.7 Å². The Balaban J connectivity index is 1.24. The summed E-state index contributed by atoms with van der Waals surface area (Å²) in [4.78, 5) is 13.6. The van der Waals surface area contributed by atoms with Gasteiger partial charge in [0.2, 0.25) is 0 Å². The predicted octanol–water partition coefficient (Wildman–Crippen LogP) is 3.99. The van der Waals surface area contributed by atoms with Crippen molar-refractivity contribution in [2.24, 2.45) is 46.8 Å². The minimum Gasteiger partial charge on any atom is -0.390 e. The first kappa shape index (κ1) is 21.1. The summed E-state index contributed by atoms with van der Waals surface area (Å²) in [6.45, 7) is 4.42. The van der Waals surface area contributed by atoms with E-state index in [1.807, 2.05) is 13.0 Å². The van der Waals surface area contributed by atoms with E-state index in [0.717, 1.165) is 37.5 Å². The number of nitrogens with zero attached hydrogens (tertiary/aromatic N) is 4. The molecule has 9 atom stereocenters. The molecule has 1 aromatic rings. The first-order valence-corrected chi connectivity index (χ1v) is 12.6. The topological polar surface area (TPSA) is 103 Å². The van der Waals surface area contributed by atoms with Gasteiger partial charge in [0.15, 0.2) is 11.5 Å². The van der Waals surface area contributed by atoms with Crippen LogP contribution in [0.5, 0.6) is 0 Å². The van der Waals surface area contributed by atoms with Crippen molar-refractivity contribution < 1.29 is 9.90 Å². The van der Waals surface area contributed by atoms with Crippen LogP contribution < -0.4 is 0 Å². The standard InChI is InChI=1S/C27H32N4O2/c1-26(33)7-5-18-15(11-26)3-4-20-19(18)6-8-27(2)24(20)21-10-22(21)25(27)23(32)14-31-17(13-29)9-16(12-28)30-31/h9-10,15,18-21,24-25,33H,3-8,11,14H2,1-2H3/t15-,18+,19-,20-,21-,24-,25-,26-,27+/m1/s1. The first-order chi connectivity index (χ1) is 15.8. The van der Waals surface area contributed by atoms with Crippen LogP contribution in [0.1, 0.15) is 70.2 Å². The molecule has 1 N–H and O–H groups in total. The van der Waals surface area contributed by atoms with Crippen LogP contribution in [0.25, 0.3) is 0 Å². The third-order valence-electron chi connectivity index (χ3n) is 10.2. The quantitative estimate of drug-likeness (QED) is 0.710. The number of ketones is 1. The fourth-order valence-electron chi connectivity index (χ4n) is 8.98. The molecule has 0 radical (unpaired) electrons. The maximum Gasteiger partial charge on any atom is 0.163 e. The summed E-state index contributed by atoms with van der Waals surface area (Å²) < 4.78 is 1.42. The van der Waals surface area contributed by atoms with Crippen molar-refractivity contribution in [2.45, 2.75) is 70.9 Å². The highest BCUT2D eigenvalue weighted by Crippen LogP contribution is 2.72. The lowest BCUT2D eigenvalue weighted by Crippen LogP contribution is -2.52. The van der Waals surface area contributed by atoms with Gasteiger partial charge in [0.25, 0.3) is 0 Å². The minimum atomic E-state index is -0.493. The highest BCUT2D eigenvalue weighted by atomic mass is 16.3. The second kappa shape index (κ2) is 7.03. The molecule has 1 heterocycles. The minimum absolute atomic E-state index is 0.0159. The molecule has 6 nitrogen and oxygen atoms in total. The van der Waals surface area contributed by atoms with E-state index in [1.54, 1.807) is 0 Å². The molecule has 4 saturated carbocycles. The molecule has 6 rings (SSSR count). The largest absolute Gasteiger partial charge is 0.390 e. The van der Waals surface area contributed by atoms with E-state index < -0.39 is 5.60 Å². The number of rotatable bonds is 3. The van der Waals surface area contributed by atoms with Crippen molar-refractivity contribution in [3.63, 3.8) is 0 Å². The molecule has 0 aliphatic heterocycles. The molecule has 33 heavy (non-hydrogen) atoms. The normalized spacial score (nSPS) is 44.9. The van der Waals surface area contributed by atoms with Gasteiger partial charge in [0, 0.05) is 17.9 Å². The van der Waals surface area contributed by atoms with Crippen LogP contribution in [0, 0.1) is 69.5 Å². The lowest BCUT2D eigenvalue weighted by molar-refractivity contribution is -0.133. The molecular weight excluding hydrogens is 412 g/mol. The fourth-order valence-corrected chi connectivity index (χ4v) is 8.98. The van der Waals surface area contributed by atoms with E-state index in [4.69, 9.17) is 5.26 Å². The molecule has 5 aliphatic rings. The average Bonchev–Trinajstić information content (AvgIpc) is 3.33. The Morgan fingerprint density at radius 2 is 1.94 bits per heavy atom. The van der Waals surface area contributed by atoms with Gasteiger partial charge in [-0.1, -0.05) is 18.6 Å². The van der Waals surface area contributed by atoms with Crippen molar-refractivity contribution >= 4 is 5.78 Å². The summed E-state index contributed by atoms with van der Waals surface area (Å²) in [7, 11) is 0. The zero-order chi connectivity index (χ0) is 23.1. The molecule has 0 unspecified atom stereocenters. The Bertz CT molecular complexity index is 1130. The van der Waals surface area contributed by atoms with Gasteiger partial charge in [-0.05, 0) is 86.9 Å². The van der Waals surface area contributed by atoms with Crippen LogP contribution in [0.4, 0.5) is 0 Å². The molecule has 5 aliphatic carbocycles. The second-order valence-electron chi connectivity index (χ2n) is 12.0. The zero-order valence-electron chi connectivity index (χ0n) is 19.5. The number of Topliss-reactive ketones (excluding diaryl/α,β-unsaturated/α-hetero) is 1. The molecule has 172 valence electrons. The number of aliphatic hydroxyl groups is 1. The Hall–Kier alpha value is -2.44. The summed E-state index contributed by atoms with van der Waals surface area (Å²) in [6, 6.07) is 5.50. The van der Waals surface area contributed by atoms with Crippen LogP contribution in [0.3, 0.4) is 0 Å². The molecule has 4 fully saturated rings. The van der Waals surface area contributed by atoms with Crippen LogP contribution in [0.2, 0.25) is 0 Å². The highest BCUT2D eigenvalue weighted by Gasteiger charge is 2.66. The number of hydrogen-bond donors (Lipinski definition) is 1. The summed E-state index contributed by atoms with van der Waals surface area (Å²) in [6.07, 6.45) is 10.1. The molecule has 6 heteroatoms. The molecule has 0 amide bonds. The summed E-state index contributed by atoms with van der Waals surface area (Å²) >= 11 is 0. The van der Waals surface area contributed by atoms with Crippen LogP contribution in [0.15, 0.2) is 17.7 Å². The number of carbonyl (C=O) groups is 1. The van der Waals surface area contributed by atoms with Gasteiger partial charge in [0.05, 0.1) is 5.60 Å². The van der Waals surface area contributed by atoms with E-state index in [-0.39, 0.29) is 35.0 Å². The van der Waals surface area contributed by atoms with Gasteiger partial charge in [-0.2, -0.15) is 15.6 Å². The first-order valence-electron chi connectivity index (χ1n) is 12.6. The molecule has 0 spiro atoms. The SMILES string of the molecule is C[C@@]1(O)CC[C@H]2[C@H](CC[C@@H]3[C@@H]2CC[C@]2(C)[C@@H](C(=O)Cn4nc(C#N)cc4C#N)C4=C[C@H]4[C@@H]32)C1. The van der Waals surface area contributed by atoms with Crippen LogP contribution >= 0.6 is 0 Å². The Kier molecular flexibility index (Phi) is 4.50. The van der Waals surface area contributed by atoms with Gasteiger partial charge >= 0.3 is 0 Å². The third-order valence-corrected chi connectivity index (χ3v) is 10.2. The summed E-state index contributed by atoms with van der Waals surface area (Å²) in [5.41, 5.74) is 1.28. The number of aromatic nitrogens is 2. The maximum atomic E-state index is 13.6. The van der Waals surface area contributed by atoms with Gasteiger partial charge < -0.3 is 5.11 Å². The lowest BCUT2D eigenvalue weighted by atomic mass is 9.48. The molecule has 0 aromatic carbocycles. The smallest absolute Gasteiger partial charge is 0.163 e. The number of hydrogen-bond acceptors (Lipinski definition) is 5. The summed E-state index contributed by atoms with van der Waals surface area (Å²) in [5, 5.41) is 33.3. The monoisotopic (exact) mass is 444 g/mol. The van der Waals surface area contributed by atoms with E-state index >= 15 is 0 Å². The predicted molar refractivity (Wildman–Crippen MR) is 120 cm³/mol. The Morgan fingerprint density at radius 3 is 2.70 bits per heavy atom. The van der Waals surface area contributed by atoms with Gasteiger partial charge in [-0.25, -0.2) is 4.68 Å². The lowest BCUT2D eigenvalue weighted by Gasteiger charge is -2.57. The summed E-state index contributed by atoms with van der Waals surface area (Å²) in [5.74, 6) is 3.87. The number of nitriles is 2. The van der Waals surface area contributed by atoms with Gasteiger partial charge in [-0.15, -0.1) is 0 Å². The Labute approximate surface area is 195 Å². The third kappa shape index (κ3) is 3.07. The zero-order valence-corrected chi connectivity index (χ0v) is 19.5. The second-order valence-corrected chi connectivity index (χ2v) is 12.0. The van der Waals surface area contributed by atoms with Crippen molar-refractivity contribution in [1.82, 2.24) is 9.78 Å². The van der Waals surface area contributed by atoms with Gasteiger partial charge in [0.1, 0.15) is 24.4 Å². The van der Waals surface area contributed by atoms with Crippen molar-refractivity contribution in [3.05, 3.63) is 29.1 Å². The number of fused-ring (bicyclic) bond motifs is 7. The van der Waals surface area contributed by atoms with Crippen molar-refractivity contribution in [3.8, 4) is 12.1 Å². The maximum absolute atomic E-state index is 13.6. The van der Waals surface area contributed by atoms with Gasteiger partial charge in [-0.3, -0.25) is 4.79 Å². The molecular formula is C27H32N4O2. The molecule has 0 saturated heterocycles. The molecule has 0 bridgehead atoms. The molecule has 1 aromatic heterocycles. The highest BCUT2D eigenvalue weighted by molar-refractivity contribution is 5.87. The van der Waals surface area contributed by atoms with E-state index in [2.05, 4.69) is 24.2 Å². The van der Waals surface area contributed by atoms with Crippen LogP contribution in [-0.4, -0.2) is 26.3 Å². The van der Waals surface area contributed by atoms with Crippen LogP contribution in [-0.2, 0) is 11.3 Å².